The number of hydrogen-bond acceptors (Lipinski definition) is 4. The number of ether oxygens (including phenoxy) is 1. The van der Waals surface area contributed by atoms with Gasteiger partial charge in [0.15, 0.2) is 0 Å². The summed E-state index contributed by atoms with van der Waals surface area (Å²) in [6, 6.07) is 13.3. The molecule has 1 aromatic carbocycles. The summed E-state index contributed by atoms with van der Waals surface area (Å²) in [6.07, 6.45) is 2.28. The van der Waals surface area contributed by atoms with Crippen LogP contribution in [0.4, 0.5) is 0 Å². The molecule has 2 aliphatic heterocycles. The van der Waals surface area contributed by atoms with Crippen LogP contribution in [-0.4, -0.2) is 71.2 Å². The molecule has 3 heterocycles. The van der Waals surface area contributed by atoms with Crippen molar-refractivity contribution in [2.45, 2.75) is 18.1 Å². The molecule has 2 N–H and O–H groups in total. The minimum atomic E-state index is -0.967. The number of aliphatic hydroxyl groups is 1. The van der Waals surface area contributed by atoms with E-state index >= 15 is 0 Å². The summed E-state index contributed by atoms with van der Waals surface area (Å²) in [7, 11) is 0. The predicted octanol–water partition coefficient (Wildman–Crippen LogP) is 1.45. The molecule has 2 aliphatic rings. The van der Waals surface area contributed by atoms with Gasteiger partial charge in [-0.3, -0.25) is 9.69 Å². The van der Waals surface area contributed by atoms with Crippen molar-refractivity contribution in [2.75, 3.05) is 39.4 Å². The van der Waals surface area contributed by atoms with Gasteiger partial charge in [-0.2, -0.15) is 0 Å². The summed E-state index contributed by atoms with van der Waals surface area (Å²) >= 11 is 0. The minimum Gasteiger partial charge on any atom is -0.383 e. The fourth-order valence-corrected chi connectivity index (χ4v) is 4.11. The van der Waals surface area contributed by atoms with Gasteiger partial charge in [-0.05, 0) is 24.1 Å². The zero-order valence-electron chi connectivity index (χ0n) is 14.8. The first-order valence-corrected chi connectivity index (χ1v) is 9.21. The number of aromatic nitrogens is 1. The molecule has 0 spiro atoms. The van der Waals surface area contributed by atoms with E-state index < -0.39 is 5.60 Å². The van der Waals surface area contributed by atoms with Gasteiger partial charge in [0.1, 0.15) is 11.3 Å². The topological polar surface area (TPSA) is 68.8 Å². The molecule has 4 rings (SSSR count). The van der Waals surface area contributed by atoms with Gasteiger partial charge in [0.2, 0.25) is 0 Å². The van der Waals surface area contributed by atoms with Crippen LogP contribution >= 0.6 is 0 Å². The highest BCUT2D eigenvalue weighted by Crippen LogP contribution is 2.36. The number of likely N-dealkylation sites (tertiary alicyclic amines) is 1. The lowest BCUT2D eigenvalue weighted by atomic mass is 9.79. The van der Waals surface area contributed by atoms with Gasteiger partial charge in [-0.15, -0.1) is 0 Å². The van der Waals surface area contributed by atoms with Crippen molar-refractivity contribution in [1.29, 1.82) is 0 Å². The molecule has 26 heavy (non-hydrogen) atoms. The monoisotopic (exact) mass is 355 g/mol. The van der Waals surface area contributed by atoms with Crippen LogP contribution < -0.4 is 0 Å². The lowest BCUT2D eigenvalue weighted by Crippen LogP contribution is -2.63. The molecule has 2 fully saturated rings. The second-order valence-corrected chi connectivity index (χ2v) is 7.04. The average Bonchev–Trinajstić information content (AvgIpc) is 3.24. The Morgan fingerprint density at radius 2 is 1.88 bits per heavy atom. The normalized spacial score (nSPS) is 27.4. The molecule has 2 atom stereocenters. The summed E-state index contributed by atoms with van der Waals surface area (Å²) in [4.78, 5) is 19.9. The third-order valence-electron chi connectivity index (χ3n) is 5.58. The van der Waals surface area contributed by atoms with Crippen LogP contribution in [0.1, 0.15) is 22.5 Å². The van der Waals surface area contributed by atoms with Crippen LogP contribution in [0.3, 0.4) is 0 Å². The Kier molecular flexibility index (Phi) is 4.80. The van der Waals surface area contributed by atoms with E-state index in [9.17, 15) is 9.90 Å². The van der Waals surface area contributed by atoms with Crippen molar-refractivity contribution in [3.05, 3.63) is 59.9 Å². The number of benzene rings is 1. The Hall–Kier alpha value is -2.15. The van der Waals surface area contributed by atoms with E-state index in [-0.39, 0.29) is 11.9 Å². The van der Waals surface area contributed by atoms with Gasteiger partial charge in [0, 0.05) is 32.4 Å². The van der Waals surface area contributed by atoms with Crippen LogP contribution in [0.2, 0.25) is 0 Å². The first-order valence-electron chi connectivity index (χ1n) is 9.21. The summed E-state index contributed by atoms with van der Waals surface area (Å²) in [6.45, 7) is 3.89. The van der Waals surface area contributed by atoms with E-state index in [0.29, 0.717) is 38.4 Å². The summed E-state index contributed by atoms with van der Waals surface area (Å²) < 4.78 is 5.49. The zero-order valence-corrected chi connectivity index (χ0v) is 14.8. The lowest BCUT2D eigenvalue weighted by Gasteiger charge is -2.50. The number of carbonyl (C=O) groups is 1. The molecule has 6 nitrogen and oxygen atoms in total. The first kappa shape index (κ1) is 17.3. The van der Waals surface area contributed by atoms with Crippen molar-refractivity contribution in [3.63, 3.8) is 0 Å². The SMILES string of the molecule is O=C(c1ccc[nH]1)N1CC[C@](O)(c2ccccc2)[C@H](N2CCOCC2)C1. The summed E-state index contributed by atoms with van der Waals surface area (Å²) in [5.41, 5.74) is 0.546. The molecular formula is C20H25N3O3. The Morgan fingerprint density at radius 1 is 1.12 bits per heavy atom. The van der Waals surface area contributed by atoms with Gasteiger partial charge in [0.25, 0.3) is 5.91 Å². The number of nitrogens with zero attached hydrogens (tertiary/aromatic N) is 2. The maximum Gasteiger partial charge on any atom is 0.270 e. The number of carbonyl (C=O) groups excluding carboxylic acids is 1. The van der Waals surface area contributed by atoms with E-state index in [0.717, 1.165) is 18.7 Å². The number of nitrogens with one attached hydrogen (secondary N) is 1. The Morgan fingerprint density at radius 3 is 2.58 bits per heavy atom. The van der Waals surface area contributed by atoms with Crippen LogP contribution in [0.25, 0.3) is 0 Å². The van der Waals surface area contributed by atoms with E-state index in [1.54, 1.807) is 12.3 Å². The van der Waals surface area contributed by atoms with Gasteiger partial charge in [-0.25, -0.2) is 0 Å². The average molecular weight is 355 g/mol. The van der Waals surface area contributed by atoms with Crippen molar-refractivity contribution in [3.8, 4) is 0 Å². The number of rotatable bonds is 3. The predicted molar refractivity (Wildman–Crippen MR) is 97.8 cm³/mol. The summed E-state index contributed by atoms with van der Waals surface area (Å²) in [5.74, 6) is -0.0108. The van der Waals surface area contributed by atoms with E-state index in [2.05, 4.69) is 9.88 Å². The highest BCUT2D eigenvalue weighted by Gasteiger charge is 2.47. The molecule has 0 radical (unpaired) electrons. The molecule has 1 aromatic heterocycles. The number of morpholine rings is 1. The van der Waals surface area contributed by atoms with Crippen LogP contribution in [0.5, 0.6) is 0 Å². The van der Waals surface area contributed by atoms with Crippen molar-refractivity contribution < 1.29 is 14.6 Å². The number of amides is 1. The third-order valence-corrected chi connectivity index (χ3v) is 5.58. The Balaban J connectivity index is 1.62. The molecule has 0 unspecified atom stereocenters. The molecule has 0 saturated carbocycles. The molecule has 2 aromatic rings. The van der Waals surface area contributed by atoms with E-state index in [1.807, 2.05) is 41.3 Å². The Labute approximate surface area is 153 Å². The molecule has 0 bridgehead atoms. The third kappa shape index (κ3) is 3.16. The van der Waals surface area contributed by atoms with Gasteiger partial charge in [0.05, 0.1) is 19.3 Å². The van der Waals surface area contributed by atoms with Gasteiger partial charge >= 0.3 is 0 Å². The number of H-pyrrole nitrogens is 1. The second kappa shape index (κ2) is 7.23. The van der Waals surface area contributed by atoms with E-state index in [4.69, 9.17) is 4.74 Å². The maximum atomic E-state index is 12.8. The molecule has 138 valence electrons. The summed E-state index contributed by atoms with van der Waals surface area (Å²) in [5, 5.41) is 11.7. The standard InChI is InChI=1S/C20H25N3O3/c24-19(17-7-4-9-21-17)23-10-8-20(25,16-5-2-1-3-6-16)18(15-23)22-11-13-26-14-12-22/h1-7,9,18,21,25H,8,10-15H2/t18-,20+/m1/s1. The Bertz CT molecular complexity index is 728. The lowest BCUT2D eigenvalue weighted by molar-refractivity contribution is -0.112. The van der Waals surface area contributed by atoms with Gasteiger partial charge < -0.3 is 19.7 Å². The first-order chi connectivity index (χ1) is 12.7. The highest BCUT2D eigenvalue weighted by atomic mass is 16.5. The minimum absolute atomic E-state index is 0.0108. The van der Waals surface area contributed by atoms with Crippen molar-refractivity contribution in [1.82, 2.24) is 14.8 Å². The number of aromatic amines is 1. The van der Waals surface area contributed by atoms with Gasteiger partial charge in [-0.1, -0.05) is 30.3 Å². The van der Waals surface area contributed by atoms with Crippen molar-refractivity contribution >= 4 is 5.91 Å². The van der Waals surface area contributed by atoms with E-state index in [1.165, 1.54) is 0 Å². The molecule has 0 aliphatic carbocycles. The molecule has 6 heteroatoms. The quantitative estimate of drug-likeness (QED) is 0.874. The number of hydrogen-bond donors (Lipinski definition) is 2. The molecular weight excluding hydrogens is 330 g/mol. The fraction of sp³-hybridized carbons (Fsp3) is 0.450. The second-order valence-electron chi connectivity index (χ2n) is 7.04. The maximum absolute atomic E-state index is 12.8. The fourth-order valence-electron chi connectivity index (χ4n) is 4.11. The molecule has 1 amide bonds. The largest absolute Gasteiger partial charge is 0.383 e. The van der Waals surface area contributed by atoms with Crippen LogP contribution in [0, 0.1) is 0 Å². The zero-order chi connectivity index (χ0) is 18.0. The van der Waals surface area contributed by atoms with Crippen LogP contribution in [0.15, 0.2) is 48.7 Å². The smallest absolute Gasteiger partial charge is 0.270 e. The van der Waals surface area contributed by atoms with Crippen molar-refractivity contribution in [2.24, 2.45) is 0 Å². The highest BCUT2D eigenvalue weighted by molar-refractivity contribution is 5.92. The molecule has 2 saturated heterocycles. The van der Waals surface area contributed by atoms with Crippen LogP contribution in [-0.2, 0) is 10.3 Å². The number of piperidine rings is 1.